The second kappa shape index (κ2) is 5.18. The summed E-state index contributed by atoms with van der Waals surface area (Å²) in [5, 5.41) is 2.59. The van der Waals surface area contributed by atoms with Gasteiger partial charge in [-0.25, -0.2) is 0 Å². The minimum absolute atomic E-state index is 0.0440. The number of hydrogen-bond donors (Lipinski definition) is 1. The van der Waals surface area contributed by atoms with E-state index < -0.39 is 23.3 Å². The Morgan fingerprint density at radius 2 is 2.06 bits per heavy atom. The van der Waals surface area contributed by atoms with Crippen LogP contribution in [0.1, 0.15) is 15.9 Å². The largest absolute Gasteiger partial charge is 0.495 e. The monoisotopic (exact) mass is 247 g/mol. The summed E-state index contributed by atoms with van der Waals surface area (Å²) in [4.78, 5) is 11.6. The molecule has 0 saturated heterocycles. The van der Waals surface area contributed by atoms with Gasteiger partial charge in [-0.15, -0.1) is 0 Å². The Kier molecular flexibility index (Phi) is 4.11. The zero-order chi connectivity index (χ0) is 13.1. The summed E-state index contributed by atoms with van der Waals surface area (Å²) >= 11 is 0. The summed E-state index contributed by atoms with van der Waals surface area (Å²) in [6, 6.07) is 3.39. The van der Waals surface area contributed by atoms with Gasteiger partial charge in [0.25, 0.3) is 0 Å². The number of rotatable bonds is 4. The summed E-state index contributed by atoms with van der Waals surface area (Å²) in [6.45, 7) is -0.0440. The van der Waals surface area contributed by atoms with Gasteiger partial charge in [-0.3, -0.25) is 4.79 Å². The van der Waals surface area contributed by atoms with Crippen LogP contribution in [-0.2, 0) is 6.18 Å². The van der Waals surface area contributed by atoms with Crippen LogP contribution < -0.4 is 10.1 Å². The van der Waals surface area contributed by atoms with E-state index in [1.165, 1.54) is 19.2 Å². The quantitative estimate of drug-likeness (QED) is 0.828. The van der Waals surface area contributed by atoms with Gasteiger partial charge in [0, 0.05) is 0 Å². The Morgan fingerprint density at radius 3 is 2.53 bits per heavy atom. The third-order valence-electron chi connectivity index (χ3n) is 2.16. The van der Waals surface area contributed by atoms with Gasteiger partial charge in [-0.05, 0) is 19.2 Å². The maximum absolute atomic E-state index is 12.7. The average molecular weight is 247 g/mol. The first-order valence-corrected chi connectivity index (χ1v) is 4.83. The van der Waals surface area contributed by atoms with Crippen molar-refractivity contribution in [2.75, 3.05) is 20.7 Å². The third kappa shape index (κ3) is 2.97. The Balaban J connectivity index is 3.29. The fourth-order valence-electron chi connectivity index (χ4n) is 1.46. The predicted octanol–water partition coefficient (Wildman–Crippen LogP) is 2.12. The van der Waals surface area contributed by atoms with Gasteiger partial charge >= 0.3 is 6.18 Å². The molecule has 0 unspecified atom stereocenters. The maximum atomic E-state index is 12.7. The molecule has 1 aromatic rings. The summed E-state index contributed by atoms with van der Waals surface area (Å²) in [7, 11) is 2.65. The van der Waals surface area contributed by atoms with Crippen molar-refractivity contribution in [2.24, 2.45) is 0 Å². The van der Waals surface area contributed by atoms with Crippen molar-refractivity contribution in [1.29, 1.82) is 0 Å². The van der Waals surface area contributed by atoms with Crippen molar-refractivity contribution in [3.8, 4) is 5.75 Å². The van der Waals surface area contributed by atoms with Gasteiger partial charge in [-0.1, -0.05) is 6.07 Å². The lowest BCUT2D eigenvalue weighted by Gasteiger charge is -2.14. The van der Waals surface area contributed by atoms with Crippen LogP contribution in [0.25, 0.3) is 0 Å². The van der Waals surface area contributed by atoms with Crippen LogP contribution in [0.3, 0.4) is 0 Å². The first-order valence-electron chi connectivity index (χ1n) is 4.83. The zero-order valence-electron chi connectivity index (χ0n) is 9.39. The van der Waals surface area contributed by atoms with Crippen LogP contribution >= 0.6 is 0 Å². The molecule has 0 heterocycles. The highest BCUT2D eigenvalue weighted by Crippen LogP contribution is 2.38. The topological polar surface area (TPSA) is 38.3 Å². The predicted molar refractivity (Wildman–Crippen MR) is 56.3 cm³/mol. The van der Waals surface area contributed by atoms with Gasteiger partial charge in [0.15, 0.2) is 5.78 Å². The Labute approximate surface area is 96.6 Å². The van der Waals surface area contributed by atoms with Crippen LogP contribution in [0.15, 0.2) is 18.2 Å². The van der Waals surface area contributed by atoms with Gasteiger partial charge in [0.1, 0.15) is 5.75 Å². The minimum Gasteiger partial charge on any atom is -0.495 e. The second-order valence-corrected chi connectivity index (χ2v) is 3.34. The lowest BCUT2D eigenvalue weighted by Crippen LogP contribution is -2.20. The average Bonchev–Trinajstić information content (AvgIpc) is 2.27. The molecule has 0 aliphatic carbocycles. The van der Waals surface area contributed by atoms with E-state index in [9.17, 15) is 18.0 Å². The number of ketones is 1. The summed E-state index contributed by atoms with van der Waals surface area (Å²) < 4.78 is 42.7. The van der Waals surface area contributed by atoms with Crippen LogP contribution in [-0.4, -0.2) is 26.5 Å². The maximum Gasteiger partial charge on any atom is 0.419 e. The molecule has 0 aliphatic heterocycles. The van der Waals surface area contributed by atoms with Crippen molar-refractivity contribution in [1.82, 2.24) is 5.32 Å². The van der Waals surface area contributed by atoms with E-state index in [2.05, 4.69) is 5.32 Å². The van der Waals surface area contributed by atoms with Crippen molar-refractivity contribution in [2.45, 2.75) is 6.18 Å². The van der Waals surface area contributed by atoms with Crippen molar-refractivity contribution in [3.05, 3.63) is 29.3 Å². The molecular weight excluding hydrogens is 235 g/mol. The first kappa shape index (κ1) is 13.5. The van der Waals surface area contributed by atoms with Gasteiger partial charge in [0.05, 0.1) is 24.8 Å². The molecule has 0 saturated carbocycles. The number of methoxy groups -OCH3 is 1. The highest BCUT2D eigenvalue weighted by Gasteiger charge is 2.35. The molecule has 0 aromatic heterocycles. The molecule has 1 N–H and O–H groups in total. The fourth-order valence-corrected chi connectivity index (χ4v) is 1.46. The van der Waals surface area contributed by atoms with Crippen LogP contribution in [0.2, 0.25) is 0 Å². The second-order valence-electron chi connectivity index (χ2n) is 3.34. The number of halogens is 3. The number of alkyl halides is 3. The van der Waals surface area contributed by atoms with E-state index in [-0.39, 0.29) is 12.1 Å². The number of carbonyl (C=O) groups is 1. The molecule has 0 radical (unpaired) electrons. The molecule has 94 valence electrons. The third-order valence-corrected chi connectivity index (χ3v) is 2.16. The Hall–Kier alpha value is -1.56. The highest BCUT2D eigenvalue weighted by molar-refractivity contribution is 6.00. The van der Waals surface area contributed by atoms with Crippen molar-refractivity contribution >= 4 is 5.78 Å². The molecule has 0 fully saturated rings. The summed E-state index contributed by atoms with van der Waals surface area (Å²) in [5.41, 5.74) is -1.02. The van der Waals surface area contributed by atoms with Crippen molar-refractivity contribution < 1.29 is 22.7 Å². The van der Waals surface area contributed by atoms with E-state index in [1.54, 1.807) is 0 Å². The summed E-state index contributed by atoms with van der Waals surface area (Å²) in [6.07, 6.45) is -4.54. The van der Waals surface area contributed by atoms with Gasteiger partial charge in [-0.2, -0.15) is 13.2 Å². The molecule has 1 rings (SSSR count). The van der Waals surface area contributed by atoms with Crippen LogP contribution in [0, 0.1) is 0 Å². The molecule has 0 spiro atoms. The van der Waals surface area contributed by atoms with Crippen LogP contribution in [0.5, 0.6) is 5.75 Å². The van der Waals surface area contributed by atoms with E-state index in [0.29, 0.717) is 0 Å². The molecule has 6 heteroatoms. The summed E-state index contributed by atoms with van der Waals surface area (Å²) in [5.74, 6) is -0.879. The lowest BCUT2D eigenvalue weighted by atomic mass is 10.0. The molecule has 1 aromatic carbocycles. The Bertz CT molecular complexity index is 416. The van der Waals surface area contributed by atoms with Gasteiger partial charge < -0.3 is 10.1 Å². The number of likely N-dealkylation sites (N-methyl/N-ethyl adjacent to an activating group) is 1. The standard InChI is InChI=1S/C11H12F3NO2/c1-15-6-9(16)7-4-3-5-8(10(7)17-2)11(12,13)14/h3-5,15H,6H2,1-2H3. The van der Waals surface area contributed by atoms with E-state index in [1.807, 2.05) is 0 Å². The lowest BCUT2D eigenvalue weighted by molar-refractivity contribution is -0.138. The molecular formula is C11H12F3NO2. The van der Waals surface area contributed by atoms with Crippen molar-refractivity contribution in [3.63, 3.8) is 0 Å². The number of benzene rings is 1. The van der Waals surface area contributed by atoms with Gasteiger partial charge in [0.2, 0.25) is 0 Å². The van der Waals surface area contributed by atoms with Crippen LogP contribution in [0.4, 0.5) is 13.2 Å². The molecule has 0 aliphatic rings. The smallest absolute Gasteiger partial charge is 0.419 e. The number of ether oxygens (including phenoxy) is 1. The number of para-hydroxylation sites is 1. The number of nitrogens with one attached hydrogen (secondary N) is 1. The molecule has 0 atom stereocenters. The SMILES string of the molecule is CNCC(=O)c1cccc(C(F)(F)F)c1OC. The normalized spacial score (nSPS) is 11.4. The van der Waals surface area contributed by atoms with E-state index >= 15 is 0 Å². The number of carbonyl (C=O) groups excluding carboxylic acids is 1. The fraction of sp³-hybridized carbons (Fsp3) is 0.364. The number of hydrogen-bond acceptors (Lipinski definition) is 3. The molecule has 0 amide bonds. The number of Topliss-reactive ketones (excluding diaryl/α,β-unsaturated/α-hetero) is 1. The molecule has 17 heavy (non-hydrogen) atoms. The minimum atomic E-state index is -4.54. The van der Waals surface area contributed by atoms with E-state index in [0.717, 1.165) is 13.2 Å². The zero-order valence-corrected chi connectivity index (χ0v) is 9.39. The molecule has 0 bridgehead atoms. The first-order chi connectivity index (χ1) is 7.91. The van der Waals surface area contributed by atoms with E-state index in [4.69, 9.17) is 4.74 Å². The highest BCUT2D eigenvalue weighted by atomic mass is 19.4. The Morgan fingerprint density at radius 1 is 1.41 bits per heavy atom. The molecule has 3 nitrogen and oxygen atoms in total.